The molecule has 1 aromatic carbocycles. The van der Waals surface area contributed by atoms with E-state index in [0.717, 1.165) is 16.1 Å². The second-order valence-corrected chi connectivity index (χ2v) is 8.48. The number of hydrogen-bond donors (Lipinski definition) is 1. The summed E-state index contributed by atoms with van der Waals surface area (Å²) in [4.78, 5) is 5.56. The largest absolute Gasteiger partial charge is 0.495 e. The lowest BCUT2D eigenvalue weighted by Gasteiger charge is -2.11. The number of benzene rings is 1. The number of rotatable bonds is 7. The first-order chi connectivity index (χ1) is 12.4. The van der Waals surface area contributed by atoms with E-state index in [-0.39, 0.29) is 11.4 Å². The zero-order valence-corrected chi connectivity index (χ0v) is 16.4. The van der Waals surface area contributed by atoms with E-state index in [2.05, 4.69) is 9.71 Å². The minimum Gasteiger partial charge on any atom is -0.495 e. The van der Waals surface area contributed by atoms with E-state index in [9.17, 15) is 8.42 Å². The van der Waals surface area contributed by atoms with Crippen molar-refractivity contribution >= 4 is 21.4 Å². The Morgan fingerprint density at radius 3 is 2.77 bits per heavy atom. The fourth-order valence-electron chi connectivity index (χ4n) is 2.54. The summed E-state index contributed by atoms with van der Waals surface area (Å²) in [5, 5.41) is 1.96. The van der Waals surface area contributed by atoms with Gasteiger partial charge in [0.05, 0.1) is 17.7 Å². The first kappa shape index (κ1) is 18.6. The maximum atomic E-state index is 12.6. The van der Waals surface area contributed by atoms with Gasteiger partial charge in [-0.2, -0.15) is 0 Å². The second kappa shape index (κ2) is 7.61. The summed E-state index contributed by atoms with van der Waals surface area (Å²) in [6, 6.07) is 8.92. The molecule has 0 bridgehead atoms. The van der Waals surface area contributed by atoms with E-state index in [1.807, 2.05) is 37.4 Å². The first-order valence-corrected chi connectivity index (χ1v) is 10.4. The Kier molecular flexibility index (Phi) is 5.45. The molecule has 0 atom stereocenters. The smallest absolute Gasteiger partial charge is 0.244 e. The summed E-state index contributed by atoms with van der Waals surface area (Å²) in [5.74, 6) is 1.58. The number of thiophene rings is 1. The number of nitrogens with zero attached hydrogens (tertiary/aromatic N) is 1. The number of oxazole rings is 1. The molecule has 0 spiro atoms. The average molecular weight is 393 g/mol. The first-order valence-electron chi connectivity index (χ1n) is 8.05. The van der Waals surface area contributed by atoms with Gasteiger partial charge in [-0.3, -0.25) is 0 Å². The molecule has 2 heterocycles. The Balaban J connectivity index is 1.71. The molecule has 0 unspecified atom stereocenters. The highest BCUT2D eigenvalue weighted by Gasteiger charge is 2.20. The van der Waals surface area contributed by atoms with Crippen LogP contribution >= 0.6 is 11.3 Å². The SMILES string of the molecule is COc1ccc(C)cc1S(=O)(=O)NCCc1nc(-c2cccs2)oc1C. The van der Waals surface area contributed by atoms with E-state index in [4.69, 9.17) is 9.15 Å². The topological polar surface area (TPSA) is 81.4 Å². The molecule has 138 valence electrons. The highest BCUT2D eigenvalue weighted by molar-refractivity contribution is 7.89. The van der Waals surface area contributed by atoms with Gasteiger partial charge in [0, 0.05) is 13.0 Å². The molecule has 0 saturated carbocycles. The number of aromatic nitrogens is 1. The molecular weight excluding hydrogens is 372 g/mol. The van der Waals surface area contributed by atoms with Crippen molar-refractivity contribution in [2.45, 2.75) is 25.2 Å². The molecule has 6 nitrogen and oxygen atoms in total. The van der Waals surface area contributed by atoms with Crippen molar-refractivity contribution in [1.29, 1.82) is 0 Å². The monoisotopic (exact) mass is 392 g/mol. The van der Waals surface area contributed by atoms with Crippen LogP contribution in [0.25, 0.3) is 10.8 Å². The highest BCUT2D eigenvalue weighted by atomic mass is 32.2. The van der Waals surface area contributed by atoms with Crippen LogP contribution in [0.1, 0.15) is 17.0 Å². The molecule has 0 amide bonds. The normalized spacial score (nSPS) is 11.7. The molecule has 0 radical (unpaired) electrons. The van der Waals surface area contributed by atoms with Gasteiger partial charge in [-0.25, -0.2) is 18.1 Å². The minimum atomic E-state index is -3.68. The van der Waals surface area contributed by atoms with E-state index in [1.54, 1.807) is 23.5 Å². The van der Waals surface area contributed by atoms with Crippen LogP contribution in [0.15, 0.2) is 45.0 Å². The highest BCUT2D eigenvalue weighted by Crippen LogP contribution is 2.26. The fraction of sp³-hybridized carbons (Fsp3) is 0.278. The Morgan fingerprint density at radius 2 is 2.08 bits per heavy atom. The van der Waals surface area contributed by atoms with Crippen LogP contribution in [0.2, 0.25) is 0 Å². The Labute approximate surface area is 156 Å². The van der Waals surface area contributed by atoms with Gasteiger partial charge in [0.1, 0.15) is 16.4 Å². The van der Waals surface area contributed by atoms with Gasteiger partial charge in [-0.05, 0) is 43.0 Å². The predicted octanol–water partition coefficient (Wildman–Crippen LogP) is 3.55. The number of ether oxygens (including phenoxy) is 1. The standard InChI is InChI=1S/C18H20N2O4S2/c1-12-6-7-15(23-3)17(11-12)26(21,22)19-9-8-14-13(2)24-18(20-14)16-5-4-10-25-16/h4-7,10-11,19H,8-9H2,1-3H3. The van der Waals surface area contributed by atoms with E-state index in [1.165, 1.54) is 7.11 Å². The molecule has 2 aromatic heterocycles. The zero-order chi connectivity index (χ0) is 18.7. The molecule has 0 aliphatic rings. The number of hydrogen-bond acceptors (Lipinski definition) is 6. The summed E-state index contributed by atoms with van der Waals surface area (Å²) in [6.07, 6.45) is 0.439. The molecule has 0 saturated heterocycles. The Morgan fingerprint density at radius 1 is 1.27 bits per heavy atom. The third kappa shape index (κ3) is 3.98. The van der Waals surface area contributed by atoms with Crippen molar-refractivity contribution in [2.75, 3.05) is 13.7 Å². The molecular formula is C18H20N2O4S2. The number of nitrogens with one attached hydrogen (secondary N) is 1. The molecule has 0 fully saturated rings. The Hall–Kier alpha value is -2.16. The van der Waals surface area contributed by atoms with Gasteiger partial charge >= 0.3 is 0 Å². The lowest BCUT2D eigenvalue weighted by Crippen LogP contribution is -2.26. The third-order valence-electron chi connectivity index (χ3n) is 3.89. The summed E-state index contributed by atoms with van der Waals surface area (Å²) < 4.78 is 38.7. The van der Waals surface area contributed by atoms with Crippen molar-refractivity contribution in [3.05, 3.63) is 52.7 Å². The molecule has 8 heteroatoms. The van der Waals surface area contributed by atoms with E-state index < -0.39 is 10.0 Å². The lowest BCUT2D eigenvalue weighted by atomic mass is 10.2. The number of sulfonamides is 1. The van der Waals surface area contributed by atoms with Crippen LogP contribution in [0.3, 0.4) is 0 Å². The van der Waals surface area contributed by atoms with Gasteiger partial charge in [-0.15, -0.1) is 11.3 Å². The van der Waals surface area contributed by atoms with Gasteiger partial charge in [0.2, 0.25) is 15.9 Å². The second-order valence-electron chi connectivity index (χ2n) is 5.80. The quantitative estimate of drug-likeness (QED) is 0.665. The number of aryl methyl sites for hydroxylation is 2. The molecule has 0 aliphatic carbocycles. The van der Waals surface area contributed by atoms with E-state index in [0.29, 0.717) is 23.8 Å². The third-order valence-corrected chi connectivity index (χ3v) is 6.23. The van der Waals surface area contributed by atoms with Crippen molar-refractivity contribution in [3.63, 3.8) is 0 Å². The molecule has 3 rings (SSSR count). The van der Waals surface area contributed by atoms with Crippen LogP contribution in [0.4, 0.5) is 0 Å². The minimum absolute atomic E-state index is 0.135. The molecule has 3 aromatic rings. The van der Waals surface area contributed by atoms with Gasteiger partial charge in [0.25, 0.3) is 0 Å². The van der Waals surface area contributed by atoms with Crippen LogP contribution in [-0.2, 0) is 16.4 Å². The van der Waals surface area contributed by atoms with Crippen LogP contribution in [-0.4, -0.2) is 27.1 Å². The van der Waals surface area contributed by atoms with Crippen LogP contribution < -0.4 is 9.46 Å². The summed E-state index contributed by atoms with van der Waals surface area (Å²) >= 11 is 1.55. The summed E-state index contributed by atoms with van der Waals surface area (Å²) in [6.45, 7) is 3.89. The van der Waals surface area contributed by atoms with Crippen LogP contribution in [0.5, 0.6) is 5.75 Å². The van der Waals surface area contributed by atoms with Crippen molar-refractivity contribution in [2.24, 2.45) is 0 Å². The van der Waals surface area contributed by atoms with Crippen molar-refractivity contribution in [3.8, 4) is 16.5 Å². The summed E-state index contributed by atoms with van der Waals surface area (Å²) in [7, 11) is -2.22. The average Bonchev–Trinajstić information content (AvgIpc) is 3.25. The zero-order valence-electron chi connectivity index (χ0n) is 14.8. The van der Waals surface area contributed by atoms with Gasteiger partial charge in [-0.1, -0.05) is 12.1 Å². The molecule has 0 aliphatic heterocycles. The fourth-order valence-corrected chi connectivity index (χ4v) is 4.47. The van der Waals surface area contributed by atoms with Crippen molar-refractivity contribution in [1.82, 2.24) is 9.71 Å². The molecule has 26 heavy (non-hydrogen) atoms. The van der Waals surface area contributed by atoms with Crippen LogP contribution in [0, 0.1) is 13.8 Å². The van der Waals surface area contributed by atoms with Gasteiger partial charge < -0.3 is 9.15 Å². The summed E-state index contributed by atoms with van der Waals surface area (Å²) in [5.41, 5.74) is 1.59. The Bertz CT molecular complexity index is 992. The van der Waals surface area contributed by atoms with Crippen molar-refractivity contribution < 1.29 is 17.6 Å². The van der Waals surface area contributed by atoms with Gasteiger partial charge in [0.15, 0.2) is 0 Å². The lowest BCUT2D eigenvalue weighted by molar-refractivity contribution is 0.402. The maximum Gasteiger partial charge on any atom is 0.244 e. The number of methoxy groups -OCH3 is 1. The maximum absolute atomic E-state index is 12.6. The van der Waals surface area contributed by atoms with E-state index >= 15 is 0 Å². The predicted molar refractivity (Wildman–Crippen MR) is 101 cm³/mol. The molecule has 1 N–H and O–H groups in total.